The molecule has 2 N–H and O–H groups in total. The first-order chi connectivity index (χ1) is 9.80. The van der Waals surface area contributed by atoms with E-state index < -0.39 is 0 Å². The molecule has 0 unspecified atom stereocenters. The van der Waals surface area contributed by atoms with Crippen LogP contribution in [0.3, 0.4) is 0 Å². The summed E-state index contributed by atoms with van der Waals surface area (Å²) >= 11 is 1.88. The number of fused-ring (bicyclic) bond motifs is 1. The van der Waals surface area contributed by atoms with Gasteiger partial charge in [0.1, 0.15) is 5.75 Å². The molecule has 1 aliphatic rings. The minimum absolute atomic E-state index is 0.519. The summed E-state index contributed by atoms with van der Waals surface area (Å²) in [5.74, 6) is 0.901. The Morgan fingerprint density at radius 3 is 3.05 bits per heavy atom. The van der Waals surface area contributed by atoms with Gasteiger partial charge in [-0.1, -0.05) is 12.1 Å². The maximum atomic E-state index is 5.71. The molecule has 3 nitrogen and oxygen atoms in total. The largest absolute Gasteiger partial charge is 0.496 e. The van der Waals surface area contributed by atoms with Crippen LogP contribution >= 0.6 is 11.3 Å². The number of rotatable bonds is 4. The van der Waals surface area contributed by atoms with Gasteiger partial charge in [0.15, 0.2) is 0 Å². The van der Waals surface area contributed by atoms with Crippen LogP contribution in [-0.4, -0.2) is 18.6 Å². The number of thiophene rings is 1. The lowest BCUT2D eigenvalue weighted by Gasteiger charge is -2.27. The zero-order valence-electron chi connectivity index (χ0n) is 11.8. The van der Waals surface area contributed by atoms with Crippen molar-refractivity contribution in [2.45, 2.75) is 26.1 Å². The summed E-state index contributed by atoms with van der Waals surface area (Å²) in [6, 6.07) is 8.61. The summed E-state index contributed by atoms with van der Waals surface area (Å²) in [4.78, 5) is 4.05. The van der Waals surface area contributed by atoms with E-state index in [1.165, 1.54) is 17.5 Å². The number of nitrogens with two attached hydrogens (primary N) is 1. The number of hydrogen-bond acceptors (Lipinski definition) is 4. The molecule has 3 rings (SSSR count). The fourth-order valence-electron chi connectivity index (χ4n) is 2.76. The summed E-state index contributed by atoms with van der Waals surface area (Å²) in [6.07, 6.45) is 1.17. The third-order valence-electron chi connectivity index (χ3n) is 3.86. The van der Waals surface area contributed by atoms with Crippen molar-refractivity contribution >= 4 is 11.3 Å². The van der Waals surface area contributed by atoms with Gasteiger partial charge < -0.3 is 10.5 Å². The van der Waals surface area contributed by atoms with E-state index in [1.54, 1.807) is 12.0 Å². The first kappa shape index (κ1) is 13.6. The molecule has 2 heterocycles. The maximum absolute atomic E-state index is 5.71. The minimum atomic E-state index is 0.519. The molecular formula is C16H20N2OS. The van der Waals surface area contributed by atoms with Gasteiger partial charge in [-0.15, -0.1) is 11.3 Å². The van der Waals surface area contributed by atoms with Crippen molar-refractivity contribution in [1.29, 1.82) is 0 Å². The molecule has 0 bridgehead atoms. The topological polar surface area (TPSA) is 38.5 Å². The van der Waals surface area contributed by atoms with Crippen molar-refractivity contribution in [3.8, 4) is 5.75 Å². The molecule has 1 aliphatic heterocycles. The average Bonchev–Trinajstić information content (AvgIpc) is 2.94. The van der Waals surface area contributed by atoms with Gasteiger partial charge in [-0.2, -0.15) is 0 Å². The lowest BCUT2D eigenvalue weighted by Crippen LogP contribution is -2.29. The summed E-state index contributed by atoms with van der Waals surface area (Å²) < 4.78 is 5.41. The van der Waals surface area contributed by atoms with E-state index in [4.69, 9.17) is 10.5 Å². The number of nitrogens with zero attached hydrogens (tertiary/aromatic N) is 1. The highest BCUT2D eigenvalue weighted by Crippen LogP contribution is 2.26. The first-order valence-corrected chi connectivity index (χ1v) is 7.81. The normalized spacial score (nSPS) is 15.1. The zero-order valence-corrected chi connectivity index (χ0v) is 12.6. The second kappa shape index (κ2) is 5.95. The molecule has 0 radical (unpaired) electrons. The van der Waals surface area contributed by atoms with Gasteiger partial charge in [0, 0.05) is 36.6 Å². The van der Waals surface area contributed by atoms with Crippen LogP contribution in [0.4, 0.5) is 0 Å². The van der Waals surface area contributed by atoms with E-state index >= 15 is 0 Å². The highest BCUT2D eigenvalue weighted by molar-refractivity contribution is 7.10. The number of ether oxygens (including phenoxy) is 1. The Morgan fingerprint density at radius 1 is 1.35 bits per heavy atom. The van der Waals surface area contributed by atoms with Crippen LogP contribution in [0.2, 0.25) is 0 Å². The lowest BCUT2D eigenvalue weighted by atomic mass is 10.1. The van der Waals surface area contributed by atoms with Gasteiger partial charge in [-0.3, -0.25) is 4.90 Å². The summed E-state index contributed by atoms with van der Waals surface area (Å²) in [6.45, 7) is 3.68. The Hall–Kier alpha value is -1.36. The van der Waals surface area contributed by atoms with Crippen molar-refractivity contribution in [2.24, 2.45) is 5.73 Å². The number of hydrogen-bond donors (Lipinski definition) is 1. The Morgan fingerprint density at radius 2 is 2.25 bits per heavy atom. The Bertz CT molecular complexity index is 594. The second-order valence-corrected chi connectivity index (χ2v) is 6.18. The molecule has 0 aliphatic carbocycles. The van der Waals surface area contributed by atoms with Gasteiger partial charge in [-0.05, 0) is 35.1 Å². The Labute approximate surface area is 124 Å². The SMILES string of the molecule is COc1cc(CN2CCc3sccc3C2)ccc1CN. The third-order valence-corrected chi connectivity index (χ3v) is 4.89. The van der Waals surface area contributed by atoms with Crippen molar-refractivity contribution in [1.82, 2.24) is 4.90 Å². The second-order valence-electron chi connectivity index (χ2n) is 5.18. The molecule has 0 fully saturated rings. The fourth-order valence-corrected chi connectivity index (χ4v) is 3.65. The van der Waals surface area contributed by atoms with Gasteiger partial charge in [0.05, 0.1) is 7.11 Å². The highest BCUT2D eigenvalue weighted by atomic mass is 32.1. The molecule has 1 aromatic carbocycles. The van der Waals surface area contributed by atoms with E-state index in [9.17, 15) is 0 Å². The van der Waals surface area contributed by atoms with Crippen LogP contribution in [0.25, 0.3) is 0 Å². The first-order valence-electron chi connectivity index (χ1n) is 6.93. The standard InChI is InChI=1S/C16H20N2OS/c1-19-15-8-12(2-3-13(15)9-17)10-18-6-4-16-14(11-18)5-7-20-16/h2-3,5,7-8H,4,6,9-11,17H2,1H3. The van der Waals surface area contributed by atoms with Crippen molar-refractivity contribution in [2.75, 3.05) is 13.7 Å². The van der Waals surface area contributed by atoms with E-state index in [0.717, 1.165) is 30.9 Å². The molecule has 0 spiro atoms. The van der Waals surface area contributed by atoms with E-state index in [-0.39, 0.29) is 0 Å². The predicted molar refractivity (Wildman–Crippen MR) is 83.0 cm³/mol. The van der Waals surface area contributed by atoms with Crippen LogP contribution in [0.15, 0.2) is 29.6 Å². The summed E-state index contributed by atoms with van der Waals surface area (Å²) in [7, 11) is 1.71. The molecule has 20 heavy (non-hydrogen) atoms. The van der Waals surface area contributed by atoms with Crippen LogP contribution in [-0.2, 0) is 26.1 Å². The number of benzene rings is 1. The van der Waals surface area contributed by atoms with Crippen LogP contribution < -0.4 is 10.5 Å². The molecular weight excluding hydrogens is 268 g/mol. The van der Waals surface area contributed by atoms with Gasteiger partial charge in [0.2, 0.25) is 0 Å². The highest BCUT2D eigenvalue weighted by Gasteiger charge is 2.17. The van der Waals surface area contributed by atoms with Gasteiger partial charge in [0.25, 0.3) is 0 Å². The molecule has 2 aromatic rings. The summed E-state index contributed by atoms with van der Waals surface area (Å²) in [5.41, 5.74) is 9.56. The Balaban J connectivity index is 1.72. The van der Waals surface area contributed by atoms with E-state index in [2.05, 4.69) is 34.5 Å². The van der Waals surface area contributed by atoms with Crippen LogP contribution in [0, 0.1) is 0 Å². The van der Waals surface area contributed by atoms with Gasteiger partial charge >= 0.3 is 0 Å². The smallest absolute Gasteiger partial charge is 0.123 e. The molecule has 0 amide bonds. The van der Waals surface area contributed by atoms with Crippen LogP contribution in [0.1, 0.15) is 21.6 Å². The van der Waals surface area contributed by atoms with E-state index in [0.29, 0.717) is 6.54 Å². The maximum Gasteiger partial charge on any atom is 0.123 e. The van der Waals surface area contributed by atoms with E-state index in [1.807, 2.05) is 11.3 Å². The molecule has 106 valence electrons. The molecule has 1 aromatic heterocycles. The zero-order chi connectivity index (χ0) is 13.9. The van der Waals surface area contributed by atoms with Crippen LogP contribution in [0.5, 0.6) is 5.75 Å². The summed E-state index contributed by atoms with van der Waals surface area (Å²) in [5, 5.41) is 2.20. The quantitative estimate of drug-likeness (QED) is 0.940. The molecule has 4 heteroatoms. The van der Waals surface area contributed by atoms with Crippen molar-refractivity contribution < 1.29 is 4.74 Å². The van der Waals surface area contributed by atoms with Crippen molar-refractivity contribution in [3.63, 3.8) is 0 Å². The molecule has 0 saturated heterocycles. The van der Waals surface area contributed by atoms with Crippen molar-refractivity contribution in [3.05, 3.63) is 51.2 Å². The predicted octanol–water partition coefficient (Wildman–Crippen LogP) is 2.77. The molecule has 0 saturated carbocycles. The third kappa shape index (κ3) is 2.73. The lowest BCUT2D eigenvalue weighted by molar-refractivity contribution is 0.247. The number of methoxy groups -OCH3 is 1. The van der Waals surface area contributed by atoms with Gasteiger partial charge in [-0.25, -0.2) is 0 Å². The average molecular weight is 288 g/mol. The monoisotopic (exact) mass is 288 g/mol. The fraction of sp³-hybridized carbons (Fsp3) is 0.375. The molecule has 0 atom stereocenters. The minimum Gasteiger partial charge on any atom is -0.496 e. The Kier molecular flexibility index (Phi) is 4.05.